The Hall–Kier alpha value is -0.130. The van der Waals surface area contributed by atoms with Gasteiger partial charge in [0, 0.05) is 19.1 Å². The molecule has 2 rings (SSSR count). The number of hydrogen-bond donors (Lipinski definition) is 2. The predicted molar refractivity (Wildman–Crippen MR) is 73.9 cm³/mol. The predicted octanol–water partition coefficient (Wildman–Crippen LogP) is 1.48. The average Bonchev–Trinajstić information content (AvgIpc) is 3.06. The third kappa shape index (κ3) is 3.93. The van der Waals surface area contributed by atoms with Crippen LogP contribution in [-0.2, 0) is 10.0 Å². The molecule has 2 N–H and O–H groups in total. The van der Waals surface area contributed by atoms with E-state index in [0.29, 0.717) is 31.0 Å². The summed E-state index contributed by atoms with van der Waals surface area (Å²) in [6.45, 7) is 5.21. The summed E-state index contributed by atoms with van der Waals surface area (Å²) in [7, 11) is -3.15. The highest BCUT2D eigenvalue weighted by Gasteiger charge is 2.28. The molecule has 5 heteroatoms. The van der Waals surface area contributed by atoms with Crippen molar-refractivity contribution in [2.24, 2.45) is 11.8 Å². The third-order valence-electron chi connectivity index (χ3n) is 4.39. The molecule has 0 heterocycles. The number of rotatable bonds is 7. The summed E-state index contributed by atoms with van der Waals surface area (Å²) in [5.74, 6) is 1.19. The highest BCUT2D eigenvalue weighted by Crippen LogP contribution is 2.30. The summed E-state index contributed by atoms with van der Waals surface area (Å²) in [6, 6.07) is 0.567. The lowest BCUT2D eigenvalue weighted by atomic mass is 9.99. The van der Waals surface area contributed by atoms with Gasteiger partial charge in [-0.2, -0.15) is 0 Å². The summed E-state index contributed by atoms with van der Waals surface area (Å²) in [4.78, 5) is 0. The standard InChI is InChI=1S/C13H26N2O2S/c1-10-4-3-5-12(10)9-15-18(16,17)11(2)8-14-13-6-7-13/h10-15H,3-9H2,1-2H3. The molecule has 0 aromatic rings. The largest absolute Gasteiger partial charge is 0.313 e. The molecule has 106 valence electrons. The maximum atomic E-state index is 12.1. The smallest absolute Gasteiger partial charge is 0.215 e. The average molecular weight is 274 g/mol. The lowest BCUT2D eigenvalue weighted by Crippen LogP contribution is -2.41. The van der Waals surface area contributed by atoms with Gasteiger partial charge in [-0.05, 0) is 38.0 Å². The highest BCUT2D eigenvalue weighted by atomic mass is 32.2. The van der Waals surface area contributed by atoms with Gasteiger partial charge in [0.2, 0.25) is 10.0 Å². The summed E-state index contributed by atoms with van der Waals surface area (Å²) in [6.07, 6.45) is 6.04. The zero-order chi connectivity index (χ0) is 13.2. The minimum Gasteiger partial charge on any atom is -0.313 e. The van der Waals surface area contributed by atoms with E-state index >= 15 is 0 Å². The number of nitrogens with one attached hydrogen (secondary N) is 2. The molecule has 3 unspecified atom stereocenters. The van der Waals surface area contributed by atoms with Crippen molar-refractivity contribution in [3.63, 3.8) is 0 Å². The minimum absolute atomic E-state index is 0.338. The van der Waals surface area contributed by atoms with Gasteiger partial charge >= 0.3 is 0 Å². The normalized spacial score (nSPS) is 30.6. The quantitative estimate of drug-likeness (QED) is 0.739. The van der Waals surface area contributed by atoms with Crippen LogP contribution in [0, 0.1) is 11.8 Å². The molecule has 0 bridgehead atoms. The van der Waals surface area contributed by atoms with Gasteiger partial charge in [0.05, 0.1) is 5.25 Å². The van der Waals surface area contributed by atoms with Crippen LogP contribution in [0.2, 0.25) is 0 Å². The molecule has 2 saturated carbocycles. The van der Waals surface area contributed by atoms with Crippen LogP contribution in [0.15, 0.2) is 0 Å². The van der Waals surface area contributed by atoms with E-state index in [4.69, 9.17) is 0 Å². The van der Waals surface area contributed by atoms with E-state index < -0.39 is 10.0 Å². The third-order valence-corrected chi connectivity index (χ3v) is 6.18. The van der Waals surface area contributed by atoms with E-state index in [1.807, 2.05) is 0 Å². The lowest BCUT2D eigenvalue weighted by Gasteiger charge is -2.19. The first kappa shape index (κ1) is 14.3. The topological polar surface area (TPSA) is 58.2 Å². The molecule has 0 saturated heterocycles. The van der Waals surface area contributed by atoms with Gasteiger partial charge in [-0.1, -0.05) is 19.8 Å². The first-order valence-electron chi connectivity index (χ1n) is 7.21. The first-order chi connectivity index (χ1) is 8.49. The molecule has 0 aliphatic heterocycles. The zero-order valence-electron chi connectivity index (χ0n) is 11.5. The molecular weight excluding hydrogens is 248 g/mol. The summed E-state index contributed by atoms with van der Waals surface area (Å²) < 4.78 is 27.0. The molecule has 18 heavy (non-hydrogen) atoms. The maximum Gasteiger partial charge on any atom is 0.215 e. The summed E-state index contributed by atoms with van der Waals surface area (Å²) >= 11 is 0. The Labute approximate surface area is 111 Å². The second-order valence-corrected chi connectivity index (χ2v) is 8.24. The van der Waals surface area contributed by atoms with Crippen LogP contribution >= 0.6 is 0 Å². The monoisotopic (exact) mass is 274 g/mol. The number of sulfonamides is 1. The molecule has 2 aliphatic rings. The van der Waals surface area contributed by atoms with Crippen molar-refractivity contribution in [2.75, 3.05) is 13.1 Å². The van der Waals surface area contributed by atoms with Crippen molar-refractivity contribution in [1.82, 2.24) is 10.0 Å². The van der Waals surface area contributed by atoms with E-state index in [1.54, 1.807) is 6.92 Å². The fraction of sp³-hybridized carbons (Fsp3) is 1.00. The SMILES string of the molecule is CC1CCCC1CNS(=O)(=O)C(C)CNC1CC1. The lowest BCUT2D eigenvalue weighted by molar-refractivity contribution is 0.413. The fourth-order valence-corrected chi connectivity index (χ4v) is 3.67. The molecule has 2 aliphatic carbocycles. The van der Waals surface area contributed by atoms with E-state index in [-0.39, 0.29) is 5.25 Å². The second-order valence-electron chi connectivity index (χ2n) is 6.05. The van der Waals surface area contributed by atoms with Crippen LogP contribution in [0.3, 0.4) is 0 Å². The van der Waals surface area contributed by atoms with Gasteiger partial charge in [0.1, 0.15) is 0 Å². The molecule has 2 fully saturated rings. The second kappa shape index (κ2) is 5.88. The molecule has 0 radical (unpaired) electrons. The van der Waals surface area contributed by atoms with Gasteiger partial charge in [-0.3, -0.25) is 0 Å². The zero-order valence-corrected chi connectivity index (χ0v) is 12.3. The molecule has 0 amide bonds. The molecule has 0 aromatic carbocycles. The van der Waals surface area contributed by atoms with E-state index in [2.05, 4.69) is 17.0 Å². The summed E-state index contributed by atoms with van der Waals surface area (Å²) in [5, 5.41) is 2.94. The van der Waals surface area contributed by atoms with E-state index in [9.17, 15) is 8.42 Å². The Kier molecular flexibility index (Phi) is 4.67. The van der Waals surface area contributed by atoms with Crippen molar-refractivity contribution in [2.45, 2.75) is 57.2 Å². The van der Waals surface area contributed by atoms with E-state index in [1.165, 1.54) is 32.1 Å². The molecular formula is C13H26N2O2S. The van der Waals surface area contributed by atoms with Crippen molar-refractivity contribution < 1.29 is 8.42 Å². The Morgan fingerprint density at radius 2 is 1.94 bits per heavy atom. The van der Waals surface area contributed by atoms with Crippen molar-refractivity contribution >= 4 is 10.0 Å². The minimum atomic E-state index is -3.15. The Bertz CT molecular complexity index is 365. The van der Waals surface area contributed by atoms with Crippen LogP contribution in [0.4, 0.5) is 0 Å². The Balaban J connectivity index is 1.74. The van der Waals surface area contributed by atoms with Crippen LogP contribution in [0.25, 0.3) is 0 Å². The van der Waals surface area contributed by atoms with E-state index in [0.717, 1.165) is 0 Å². The molecule has 4 nitrogen and oxygen atoms in total. The van der Waals surface area contributed by atoms with Crippen LogP contribution in [0.5, 0.6) is 0 Å². The van der Waals surface area contributed by atoms with Gasteiger partial charge in [-0.15, -0.1) is 0 Å². The Morgan fingerprint density at radius 3 is 2.50 bits per heavy atom. The van der Waals surface area contributed by atoms with Crippen molar-refractivity contribution in [3.8, 4) is 0 Å². The van der Waals surface area contributed by atoms with Gasteiger partial charge < -0.3 is 5.32 Å². The van der Waals surface area contributed by atoms with Gasteiger partial charge in [0.15, 0.2) is 0 Å². The first-order valence-corrected chi connectivity index (χ1v) is 8.75. The van der Waals surface area contributed by atoms with Crippen LogP contribution in [0.1, 0.15) is 46.0 Å². The molecule has 0 spiro atoms. The maximum absolute atomic E-state index is 12.1. The Morgan fingerprint density at radius 1 is 1.22 bits per heavy atom. The van der Waals surface area contributed by atoms with Crippen LogP contribution in [-0.4, -0.2) is 32.8 Å². The van der Waals surface area contributed by atoms with Crippen molar-refractivity contribution in [3.05, 3.63) is 0 Å². The fourth-order valence-electron chi connectivity index (χ4n) is 2.62. The van der Waals surface area contributed by atoms with Gasteiger partial charge in [-0.25, -0.2) is 13.1 Å². The highest BCUT2D eigenvalue weighted by molar-refractivity contribution is 7.90. The molecule has 0 aromatic heterocycles. The van der Waals surface area contributed by atoms with Crippen LogP contribution < -0.4 is 10.0 Å². The summed E-state index contributed by atoms with van der Waals surface area (Å²) in [5.41, 5.74) is 0. The molecule has 3 atom stereocenters. The number of hydrogen-bond acceptors (Lipinski definition) is 3. The van der Waals surface area contributed by atoms with Gasteiger partial charge in [0.25, 0.3) is 0 Å². The van der Waals surface area contributed by atoms with Crippen molar-refractivity contribution in [1.29, 1.82) is 0 Å².